The van der Waals surface area contributed by atoms with Crippen LogP contribution in [-0.4, -0.2) is 31.6 Å². The SMILES string of the molecule is CCSC1CCC(n2cnc3cc(C(=O)O)ccc32)C1. The molecule has 0 amide bonds. The van der Waals surface area contributed by atoms with Crippen LogP contribution < -0.4 is 0 Å². The highest BCUT2D eigenvalue weighted by atomic mass is 32.2. The summed E-state index contributed by atoms with van der Waals surface area (Å²) in [5.41, 5.74) is 2.12. The zero-order valence-electron chi connectivity index (χ0n) is 11.5. The Bertz CT molecular complexity index is 638. The van der Waals surface area contributed by atoms with Gasteiger partial charge in [-0.15, -0.1) is 0 Å². The first-order valence-corrected chi connectivity index (χ1v) is 8.05. The van der Waals surface area contributed by atoms with Crippen LogP contribution in [0.2, 0.25) is 0 Å². The molecule has 0 radical (unpaired) electrons. The summed E-state index contributed by atoms with van der Waals surface area (Å²) in [4.78, 5) is 15.4. The summed E-state index contributed by atoms with van der Waals surface area (Å²) in [5, 5.41) is 9.77. The van der Waals surface area contributed by atoms with Crippen LogP contribution in [0.15, 0.2) is 24.5 Å². The van der Waals surface area contributed by atoms with Crippen molar-refractivity contribution in [1.29, 1.82) is 0 Å². The molecule has 2 aromatic rings. The maximum atomic E-state index is 11.0. The lowest BCUT2D eigenvalue weighted by Crippen LogP contribution is -2.05. The quantitative estimate of drug-likeness (QED) is 0.935. The number of carboxylic acid groups (broad SMARTS) is 1. The average molecular weight is 290 g/mol. The van der Waals surface area contributed by atoms with Gasteiger partial charge in [0.05, 0.1) is 22.9 Å². The third-order valence-corrected chi connectivity index (χ3v) is 5.21. The number of nitrogens with zero attached hydrogens (tertiary/aromatic N) is 2. The predicted octanol–water partition coefficient (Wildman–Crippen LogP) is 3.58. The van der Waals surface area contributed by atoms with Gasteiger partial charge in [0.25, 0.3) is 0 Å². The molecule has 1 aromatic heterocycles. The molecule has 0 saturated heterocycles. The highest BCUT2D eigenvalue weighted by Gasteiger charge is 2.26. The summed E-state index contributed by atoms with van der Waals surface area (Å²) in [7, 11) is 0. The molecule has 0 bridgehead atoms. The van der Waals surface area contributed by atoms with Crippen molar-refractivity contribution in [3.63, 3.8) is 0 Å². The molecule has 4 nitrogen and oxygen atoms in total. The highest BCUT2D eigenvalue weighted by molar-refractivity contribution is 7.99. The minimum absolute atomic E-state index is 0.300. The molecule has 2 atom stereocenters. The normalized spacial score (nSPS) is 22.4. The fourth-order valence-electron chi connectivity index (χ4n) is 3.01. The Hall–Kier alpha value is -1.49. The molecule has 1 fully saturated rings. The number of hydrogen-bond donors (Lipinski definition) is 1. The molecule has 2 unspecified atom stereocenters. The Morgan fingerprint density at radius 1 is 1.50 bits per heavy atom. The zero-order valence-corrected chi connectivity index (χ0v) is 12.3. The minimum Gasteiger partial charge on any atom is -0.478 e. The van der Waals surface area contributed by atoms with Crippen LogP contribution in [0.3, 0.4) is 0 Å². The Morgan fingerprint density at radius 3 is 3.10 bits per heavy atom. The van der Waals surface area contributed by atoms with Gasteiger partial charge >= 0.3 is 5.97 Å². The van der Waals surface area contributed by atoms with Gasteiger partial charge in [0.1, 0.15) is 0 Å². The largest absolute Gasteiger partial charge is 0.478 e. The van der Waals surface area contributed by atoms with Crippen LogP contribution in [0.25, 0.3) is 11.0 Å². The van der Waals surface area contributed by atoms with Gasteiger partial charge in [-0.05, 0) is 43.2 Å². The Morgan fingerprint density at radius 2 is 2.35 bits per heavy atom. The number of fused-ring (bicyclic) bond motifs is 1. The Labute approximate surface area is 122 Å². The van der Waals surface area contributed by atoms with E-state index in [9.17, 15) is 4.79 Å². The second-order valence-electron chi connectivity index (χ2n) is 5.20. The molecule has 3 rings (SSSR count). The number of hydrogen-bond acceptors (Lipinski definition) is 3. The molecule has 1 aromatic carbocycles. The van der Waals surface area contributed by atoms with Gasteiger partial charge in [0, 0.05) is 11.3 Å². The first-order chi connectivity index (χ1) is 9.69. The fraction of sp³-hybridized carbons (Fsp3) is 0.467. The molecule has 1 aliphatic carbocycles. The third kappa shape index (κ3) is 2.42. The summed E-state index contributed by atoms with van der Waals surface area (Å²) in [6.07, 6.45) is 5.49. The maximum absolute atomic E-state index is 11.0. The van der Waals surface area contributed by atoms with Gasteiger partial charge in [0.2, 0.25) is 0 Å². The van der Waals surface area contributed by atoms with Gasteiger partial charge in [-0.1, -0.05) is 6.92 Å². The van der Waals surface area contributed by atoms with Crippen molar-refractivity contribution in [3.05, 3.63) is 30.1 Å². The molecular formula is C15H18N2O2S. The minimum atomic E-state index is -0.901. The second kappa shape index (κ2) is 5.48. The van der Waals surface area contributed by atoms with E-state index in [2.05, 4.69) is 16.5 Å². The van der Waals surface area contributed by atoms with Gasteiger partial charge in [-0.2, -0.15) is 11.8 Å². The average Bonchev–Trinajstić information content (AvgIpc) is 3.04. The van der Waals surface area contributed by atoms with Crippen molar-refractivity contribution < 1.29 is 9.90 Å². The number of carbonyl (C=O) groups is 1. The summed E-state index contributed by atoms with van der Waals surface area (Å²) in [6.45, 7) is 2.21. The monoisotopic (exact) mass is 290 g/mol. The number of aromatic carboxylic acids is 1. The topological polar surface area (TPSA) is 55.1 Å². The van der Waals surface area contributed by atoms with Crippen molar-refractivity contribution in [2.75, 3.05) is 5.75 Å². The number of aromatic nitrogens is 2. The summed E-state index contributed by atoms with van der Waals surface area (Å²) >= 11 is 2.04. The smallest absolute Gasteiger partial charge is 0.335 e. The number of thioether (sulfide) groups is 1. The van der Waals surface area contributed by atoms with Crippen LogP contribution in [-0.2, 0) is 0 Å². The summed E-state index contributed by atoms with van der Waals surface area (Å²) < 4.78 is 2.22. The number of benzene rings is 1. The van der Waals surface area contributed by atoms with Crippen LogP contribution in [0.1, 0.15) is 42.6 Å². The van der Waals surface area contributed by atoms with Gasteiger partial charge < -0.3 is 9.67 Å². The number of rotatable bonds is 4. The first-order valence-electron chi connectivity index (χ1n) is 7.00. The lowest BCUT2D eigenvalue weighted by atomic mass is 10.2. The predicted molar refractivity (Wildman–Crippen MR) is 81.5 cm³/mol. The van der Waals surface area contributed by atoms with E-state index in [-0.39, 0.29) is 0 Å². The van der Waals surface area contributed by atoms with E-state index in [1.807, 2.05) is 24.2 Å². The number of imidazole rings is 1. The first kappa shape index (κ1) is 13.5. The molecular weight excluding hydrogens is 272 g/mol. The molecule has 5 heteroatoms. The van der Waals surface area contributed by atoms with Gasteiger partial charge in [-0.25, -0.2) is 9.78 Å². The van der Waals surface area contributed by atoms with Crippen LogP contribution >= 0.6 is 11.8 Å². The third-order valence-electron chi connectivity index (χ3n) is 3.97. The lowest BCUT2D eigenvalue weighted by Gasteiger charge is -2.13. The second-order valence-corrected chi connectivity index (χ2v) is 6.78. The molecule has 20 heavy (non-hydrogen) atoms. The van der Waals surface area contributed by atoms with Crippen molar-refractivity contribution in [2.24, 2.45) is 0 Å². The summed E-state index contributed by atoms with van der Waals surface area (Å²) in [5.74, 6) is 0.269. The fourth-order valence-corrected chi connectivity index (χ4v) is 4.15. The Balaban J connectivity index is 1.88. The lowest BCUT2D eigenvalue weighted by molar-refractivity contribution is 0.0697. The molecule has 1 N–H and O–H groups in total. The van der Waals surface area contributed by atoms with Crippen molar-refractivity contribution in [3.8, 4) is 0 Å². The standard InChI is InChI=1S/C15H18N2O2S/c1-2-20-12-5-4-11(8-12)17-9-16-13-7-10(15(18)19)3-6-14(13)17/h3,6-7,9,11-12H,2,4-5,8H2,1H3,(H,18,19). The van der Waals surface area contributed by atoms with Gasteiger partial charge in [-0.3, -0.25) is 0 Å². The van der Waals surface area contributed by atoms with Crippen LogP contribution in [0.5, 0.6) is 0 Å². The van der Waals surface area contributed by atoms with Crippen molar-refractivity contribution >= 4 is 28.8 Å². The van der Waals surface area contributed by atoms with E-state index in [4.69, 9.17) is 5.11 Å². The van der Waals surface area contributed by atoms with Crippen LogP contribution in [0.4, 0.5) is 0 Å². The zero-order chi connectivity index (χ0) is 14.1. The highest BCUT2D eigenvalue weighted by Crippen LogP contribution is 2.38. The van der Waals surface area contributed by atoms with Crippen molar-refractivity contribution in [1.82, 2.24) is 9.55 Å². The van der Waals surface area contributed by atoms with E-state index in [0.717, 1.165) is 16.3 Å². The van der Waals surface area contributed by atoms with E-state index >= 15 is 0 Å². The molecule has 0 spiro atoms. The van der Waals surface area contributed by atoms with E-state index in [1.54, 1.807) is 12.1 Å². The summed E-state index contributed by atoms with van der Waals surface area (Å²) in [6, 6.07) is 5.70. The van der Waals surface area contributed by atoms with Crippen molar-refractivity contribution in [2.45, 2.75) is 37.5 Å². The van der Waals surface area contributed by atoms with E-state index in [0.29, 0.717) is 11.6 Å². The Kier molecular flexibility index (Phi) is 3.70. The molecule has 0 aliphatic heterocycles. The molecule has 1 aliphatic rings. The van der Waals surface area contributed by atoms with E-state index < -0.39 is 5.97 Å². The van der Waals surface area contributed by atoms with E-state index in [1.165, 1.54) is 25.0 Å². The van der Waals surface area contributed by atoms with Crippen LogP contribution in [0, 0.1) is 0 Å². The number of carboxylic acids is 1. The maximum Gasteiger partial charge on any atom is 0.335 e. The van der Waals surface area contributed by atoms with Gasteiger partial charge in [0.15, 0.2) is 0 Å². The molecule has 1 saturated carbocycles. The molecule has 106 valence electrons. The molecule has 1 heterocycles.